The molecule has 1 fully saturated rings. The summed E-state index contributed by atoms with van der Waals surface area (Å²) in [5.74, 6) is 0.135. The van der Waals surface area contributed by atoms with Crippen LogP contribution >= 0.6 is 0 Å². The Balaban J connectivity index is 2.12. The van der Waals surface area contributed by atoms with Crippen LogP contribution in [0.4, 0.5) is 0 Å². The lowest BCUT2D eigenvalue weighted by molar-refractivity contribution is -0.123. The Morgan fingerprint density at radius 3 is 2.26 bits per heavy atom. The molecule has 2 aromatic carbocycles. The van der Waals surface area contributed by atoms with Crippen LogP contribution < -0.4 is 5.32 Å². The summed E-state index contributed by atoms with van der Waals surface area (Å²) in [6, 6.07) is 18.5. The molecule has 1 saturated carbocycles. The molecule has 96 valence electrons. The van der Waals surface area contributed by atoms with Crippen LogP contribution in [0.5, 0.6) is 0 Å². The third-order valence-corrected chi connectivity index (χ3v) is 3.94. The van der Waals surface area contributed by atoms with Crippen molar-refractivity contribution < 1.29 is 4.79 Å². The van der Waals surface area contributed by atoms with Gasteiger partial charge in [0.05, 0.1) is 5.41 Å². The van der Waals surface area contributed by atoms with Crippen molar-refractivity contribution in [2.45, 2.75) is 18.3 Å². The predicted molar refractivity (Wildman–Crippen MR) is 76.9 cm³/mol. The number of hydrogen-bond acceptors (Lipinski definition) is 1. The molecule has 1 aliphatic rings. The molecule has 0 atom stereocenters. The number of rotatable bonds is 3. The summed E-state index contributed by atoms with van der Waals surface area (Å²) in [5.41, 5.74) is 3.19. The molecule has 3 rings (SSSR count). The zero-order valence-corrected chi connectivity index (χ0v) is 11.0. The van der Waals surface area contributed by atoms with Crippen molar-refractivity contribution in [1.29, 1.82) is 0 Å². The fourth-order valence-electron chi connectivity index (χ4n) is 2.75. The molecule has 0 aliphatic heterocycles. The lowest BCUT2D eigenvalue weighted by Gasteiger charge is -2.18. The van der Waals surface area contributed by atoms with E-state index in [0.717, 1.165) is 18.4 Å². The summed E-state index contributed by atoms with van der Waals surface area (Å²) in [6.45, 7) is 0. The molecule has 2 aromatic rings. The van der Waals surface area contributed by atoms with E-state index < -0.39 is 0 Å². The van der Waals surface area contributed by atoms with Crippen molar-refractivity contribution in [3.63, 3.8) is 0 Å². The number of amides is 1. The minimum Gasteiger partial charge on any atom is -0.358 e. The van der Waals surface area contributed by atoms with Gasteiger partial charge in [-0.2, -0.15) is 0 Å². The molecular formula is C17H17NO. The second kappa shape index (κ2) is 4.54. The van der Waals surface area contributed by atoms with Crippen molar-refractivity contribution in [1.82, 2.24) is 5.32 Å². The first-order chi connectivity index (χ1) is 9.28. The molecule has 0 radical (unpaired) electrons. The molecule has 0 unspecified atom stereocenters. The summed E-state index contributed by atoms with van der Waals surface area (Å²) in [4.78, 5) is 12.2. The monoisotopic (exact) mass is 251 g/mol. The van der Waals surface area contributed by atoms with Crippen LogP contribution in [-0.4, -0.2) is 13.0 Å². The van der Waals surface area contributed by atoms with Gasteiger partial charge >= 0.3 is 0 Å². The van der Waals surface area contributed by atoms with Gasteiger partial charge in [0, 0.05) is 7.05 Å². The maximum absolute atomic E-state index is 12.2. The minimum atomic E-state index is -0.304. The fourth-order valence-corrected chi connectivity index (χ4v) is 2.75. The summed E-state index contributed by atoms with van der Waals surface area (Å²) < 4.78 is 0. The van der Waals surface area contributed by atoms with Gasteiger partial charge in [-0.15, -0.1) is 0 Å². The van der Waals surface area contributed by atoms with Crippen molar-refractivity contribution in [3.8, 4) is 11.1 Å². The van der Waals surface area contributed by atoms with Gasteiger partial charge in [-0.1, -0.05) is 54.6 Å². The first-order valence-electron chi connectivity index (χ1n) is 6.65. The molecule has 2 heteroatoms. The Morgan fingerprint density at radius 1 is 1.00 bits per heavy atom. The topological polar surface area (TPSA) is 29.1 Å². The van der Waals surface area contributed by atoms with Gasteiger partial charge in [-0.05, 0) is 29.5 Å². The lowest BCUT2D eigenvalue weighted by Crippen LogP contribution is -2.32. The highest BCUT2D eigenvalue weighted by atomic mass is 16.2. The van der Waals surface area contributed by atoms with E-state index in [9.17, 15) is 4.79 Å². The zero-order valence-electron chi connectivity index (χ0n) is 11.0. The van der Waals surface area contributed by atoms with Crippen LogP contribution in [0.1, 0.15) is 18.4 Å². The highest BCUT2D eigenvalue weighted by Crippen LogP contribution is 2.51. The van der Waals surface area contributed by atoms with E-state index in [0.29, 0.717) is 0 Å². The summed E-state index contributed by atoms with van der Waals surface area (Å²) in [6.07, 6.45) is 1.88. The maximum atomic E-state index is 12.2. The fraction of sp³-hybridized carbons (Fsp3) is 0.235. The first kappa shape index (κ1) is 12.0. The SMILES string of the molecule is CNC(=O)C1(c2ccccc2-c2ccccc2)CC1. The van der Waals surface area contributed by atoms with E-state index in [2.05, 4.69) is 29.6 Å². The predicted octanol–water partition coefficient (Wildman–Crippen LogP) is 3.13. The molecule has 0 saturated heterocycles. The highest BCUT2D eigenvalue weighted by molar-refractivity contribution is 5.93. The molecule has 2 nitrogen and oxygen atoms in total. The van der Waals surface area contributed by atoms with Crippen LogP contribution in [0.15, 0.2) is 54.6 Å². The third kappa shape index (κ3) is 1.93. The van der Waals surface area contributed by atoms with Crippen molar-refractivity contribution in [2.24, 2.45) is 0 Å². The largest absolute Gasteiger partial charge is 0.358 e. The normalized spacial score (nSPS) is 15.8. The van der Waals surface area contributed by atoms with Crippen LogP contribution in [0.2, 0.25) is 0 Å². The Hall–Kier alpha value is -2.09. The number of carbonyl (C=O) groups is 1. The molecule has 1 amide bonds. The molecule has 19 heavy (non-hydrogen) atoms. The van der Waals surface area contributed by atoms with E-state index in [4.69, 9.17) is 0 Å². The standard InChI is InChI=1S/C17H17NO/c1-18-16(19)17(11-12-17)15-10-6-5-9-14(15)13-7-3-2-4-8-13/h2-10H,11-12H2,1H3,(H,18,19). The summed E-state index contributed by atoms with van der Waals surface area (Å²) >= 11 is 0. The zero-order chi connectivity index (χ0) is 13.3. The number of hydrogen-bond donors (Lipinski definition) is 1. The average Bonchev–Trinajstić information content (AvgIpc) is 3.29. The molecule has 0 heterocycles. The number of nitrogens with one attached hydrogen (secondary N) is 1. The molecule has 0 spiro atoms. The Morgan fingerprint density at radius 2 is 1.63 bits per heavy atom. The third-order valence-electron chi connectivity index (χ3n) is 3.94. The van der Waals surface area contributed by atoms with Gasteiger partial charge in [0.25, 0.3) is 0 Å². The van der Waals surface area contributed by atoms with Crippen molar-refractivity contribution >= 4 is 5.91 Å². The van der Waals surface area contributed by atoms with E-state index >= 15 is 0 Å². The van der Waals surface area contributed by atoms with Gasteiger partial charge < -0.3 is 5.32 Å². The summed E-state index contributed by atoms with van der Waals surface area (Å²) in [5, 5.41) is 2.81. The van der Waals surface area contributed by atoms with Crippen molar-refractivity contribution in [2.75, 3.05) is 7.05 Å². The first-order valence-corrected chi connectivity index (χ1v) is 6.65. The molecule has 1 N–H and O–H groups in total. The van der Waals surface area contributed by atoms with E-state index in [1.807, 2.05) is 30.3 Å². The number of carbonyl (C=O) groups excluding carboxylic acids is 1. The molecular weight excluding hydrogens is 234 g/mol. The summed E-state index contributed by atoms with van der Waals surface area (Å²) in [7, 11) is 1.72. The average molecular weight is 251 g/mol. The molecule has 0 bridgehead atoms. The highest BCUT2D eigenvalue weighted by Gasteiger charge is 2.51. The van der Waals surface area contributed by atoms with Crippen LogP contribution in [0.25, 0.3) is 11.1 Å². The second-order valence-corrected chi connectivity index (χ2v) is 5.07. The van der Waals surface area contributed by atoms with E-state index in [1.165, 1.54) is 11.1 Å². The van der Waals surface area contributed by atoms with Crippen LogP contribution in [0.3, 0.4) is 0 Å². The van der Waals surface area contributed by atoms with E-state index in [1.54, 1.807) is 7.05 Å². The quantitative estimate of drug-likeness (QED) is 0.892. The smallest absolute Gasteiger partial charge is 0.230 e. The number of benzene rings is 2. The van der Waals surface area contributed by atoms with Gasteiger partial charge in [0.1, 0.15) is 0 Å². The van der Waals surface area contributed by atoms with Gasteiger partial charge in [0.2, 0.25) is 5.91 Å². The Kier molecular flexibility index (Phi) is 2.86. The lowest BCUT2D eigenvalue weighted by atomic mass is 9.87. The van der Waals surface area contributed by atoms with Crippen molar-refractivity contribution in [3.05, 3.63) is 60.2 Å². The Bertz CT molecular complexity index is 600. The second-order valence-electron chi connectivity index (χ2n) is 5.07. The van der Waals surface area contributed by atoms with Crippen LogP contribution in [-0.2, 0) is 10.2 Å². The minimum absolute atomic E-state index is 0.135. The Labute approximate surface area is 113 Å². The van der Waals surface area contributed by atoms with Gasteiger partial charge in [0.15, 0.2) is 0 Å². The maximum Gasteiger partial charge on any atom is 0.230 e. The van der Waals surface area contributed by atoms with Gasteiger partial charge in [-0.25, -0.2) is 0 Å². The van der Waals surface area contributed by atoms with E-state index in [-0.39, 0.29) is 11.3 Å². The number of likely N-dealkylation sites (N-methyl/N-ethyl adjacent to an activating group) is 1. The molecule has 0 aromatic heterocycles. The molecule has 1 aliphatic carbocycles. The van der Waals surface area contributed by atoms with Crippen LogP contribution in [0, 0.1) is 0 Å². The van der Waals surface area contributed by atoms with Gasteiger partial charge in [-0.3, -0.25) is 4.79 Å².